The molecule has 1 aliphatic rings. The van der Waals surface area contributed by atoms with Crippen LogP contribution in [0.1, 0.15) is 51.5 Å². The third-order valence-electron chi connectivity index (χ3n) is 5.43. The van der Waals surface area contributed by atoms with Gasteiger partial charge in [-0.05, 0) is 31.5 Å². The van der Waals surface area contributed by atoms with Crippen LogP contribution in [-0.4, -0.2) is 52.3 Å². The normalized spacial score (nSPS) is 16.8. The molecular weight excluding hydrogens is 442 g/mol. The Kier molecular flexibility index (Phi) is 8.17. The molecule has 2 aromatic rings. The second-order valence-electron chi connectivity index (χ2n) is 8.85. The summed E-state index contributed by atoms with van der Waals surface area (Å²) in [4.78, 5) is 22.6. The highest BCUT2D eigenvalue weighted by Gasteiger charge is 2.28. The van der Waals surface area contributed by atoms with Crippen molar-refractivity contribution in [1.82, 2.24) is 9.97 Å². The second-order valence-corrected chi connectivity index (χ2v) is 9.23. The minimum Gasteiger partial charge on any atom is -0.489 e. The van der Waals surface area contributed by atoms with Crippen LogP contribution in [0.15, 0.2) is 30.6 Å². The molecule has 33 heavy (non-hydrogen) atoms. The number of aliphatic hydroxyl groups is 1. The van der Waals surface area contributed by atoms with Gasteiger partial charge in [-0.2, -0.15) is 0 Å². The van der Waals surface area contributed by atoms with E-state index in [1.165, 1.54) is 6.33 Å². The number of hydrogen-bond donors (Lipinski definition) is 1. The smallest absolute Gasteiger partial charge is 0.238 e. The number of rotatable bonds is 10. The molecule has 1 aromatic carbocycles. The van der Waals surface area contributed by atoms with Crippen molar-refractivity contribution >= 4 is 23.2 Å². The van der Waals surface area contributed by atoms with Crippen molar-refractivity contribution in [3.63, 3.8) is 0 Å². The van der Waals surface area contributed by atoms with Crippen LogP contribution < -0.4 is 14.4 Å². The van der Waals surface area contributed by atoms with Gasteiger partial charge in [-0.1, -0.05) is 30.7 Å². The minimum atomic E-state index is -0.997. The number of ether oxygens (including phenoxy) is 2. The largest absolute Gasteiger partial charge is 0.489 e. The first-order valence-electron chi connectivity index (χ1n) is 11.0. The highest BCUT2D eigenvalue weighted by Crippen LogP contribution is 2.33. The fraction of sp³-hybridized carbons (Fsp3) is 0.480. The van der Waals surface area contributed by atoms with Crippen LogP contribution in [-0.2, 0) is 4.79 Å². The lowest BCUT2D eigenvalue weighted by molar-refractivity contribution is -0.120. The van der Waals surface area contributed by atoms with Gasteiger partial charge in [-0.3, -0.25) is 4.79 Å². The number of carbonyl (C=O) groups excluding carboxylic acids is 1. The summed E-state index contributed by atoms with van der Waals surface area (Å²) in [5, 5.41) is 10.2. The van der Waals surface area contributed by atoms with Gasteiger partial charge >= 0.3 is 0 Å². The van der Waals surface area contributed by atoms with Gasteiger partial charge in [0.2, 0.25) is 5.88 Å². The van der Waals surface area contributed by atoms with Crippen molar-refractivity contribution in [2.75, 3.05) is 24.6 Å². The summed E-state index contributed by atoms with van der Waals surface area (Å²) < 4.78 is 11.7. The van der Waals surface area contributed by atoms with Gasteiger partial charge in [0.1, 0.15) is 35.6 Å². The molecule has 1 aliphatic heterocycles. The molecule has 0 bridgehead atoms. The number of aromatic nitrogens is 2. The van der Waals surface area contributed by atoms with E-state index >= 15 is 0 Å². The molecule has 3 rings (SSSR count). The van der Waals surface area contributed by atoms with Gasteiger partial charge < -0.3 is 19.5 Å². The predicted molar refractivity (Wildman–Crippen MR) is 128 cm³/mol. The average Bonchev–Trinajstić information content (AvgIpc) is 3.24. The number of ketones is 1. The van der Waals surface area contributed by atoms with E-state index in [-0.39, 0.29) is 30.3 Å². The molecule has 0 amide bonds. The quantitative estimate of drug-likeness (QED) is 0.524. The first kappa shape index (κ1) is 24.8. The molecule has 176 valence electrons. The van der Waals surface area contributed by atoms with Crippen molar-refractivity contribution in [2.24, 2.45) is 0 Å². The molecule has 2 atom stereocenters. The monoisotopic (exact) mass is 471 g/mol. The third-order valence-corrected chi connectivity index (χ3v) is 5.76. The number of hydrogen-bond acceptors (Lipinski definition) is 7. The van der Waals surface area contributed by atoms with Crippen LogP contribution in [0.3, 0.4) is 0 Å². The van der Waals surface area contributed by atoms with Crippen molar-refractivity contribution in [3.05, 3.63) is 41.2 Å². The molecule has 2 unspecified atom stereocenters. The van der Waals surface area contributed by atoms with Crippen molar-refractivity contribution in [3.8, 4) is 24.0 Å². The van der Waals surface area contributed by atoms with Crippen molar-refractivity contribution in [2.45, 2.75) is 57.7 Å². The van der Waals surface area contributed by atoms with Gasteiger partial charge in [-0.25, -0.2) is 9.97 Å². The van der Waals surface area contributed by atoms with Crippen molar-refractivity contribution in [1.29, 1.82) is 0 Å². The molecule has 1 fully saturated rings. The number of nitrogens with zero attached hydrogens (tertiary/aromatic N) is 3. The maximum Gasteiger partial charge on any atom is 0.238 e. The number of benzene rings is 1. The number of anilines is 1. The zero-order valence-corrected chi connectivity index (χ0v) is 20.0. The zero-order chi connectivity index (χ0) is 24.0. The topological polar surface area (TPSA) is 84.8 Å². The molecule has 0 aliphatic carbocycles. The molecule has 8 heteroatoms. The molecule has 2 heterocycles. The average molecular weight is 472 g/mol. The lowest BCUT2D eigenvalue weighted by atomic mass is 9.94. The van der Waals surface area contributed by atoms with Crippen LogP contribution in [0.25, 0.3) is 0 Å². The number of carbonyl (C=O) groups is 1. The highest BCUT2D eigenvalue weighted by atomic mass is 35.5. The zero-order valence-electron chi connectivity index (χ0n) is 19.3. The number of terminal acetylenes is 1. The van der Waals surface area contributed by atoms with Crippen LogP contribution in [0.4, 0.5) is 5.82 Å². The lowest BCUT2D eigenvalue weighted by Gasteiger charge is -2.21. The van der Waals surface area contributed by atoms with Crippen LogP contribution in [0, 0.1) is 12.3 Å². The minimum absolute atomic E-state index is 0.0303. The Hall–Kier alpha value is -2.82. The van der Waals surface area contributed by atoms with E-state index in [9.17, 15) is 9.90 Å². The first-order valence-corrected chi connectivity index (χ1v) is 11.4. The van der Waals surface area contributed by atoms with E-state index in [1.807, 2.05) is 36.1 Å². The van der Waals surface area contributed by atoms with E-state index in [0.29, 0.717) is 30.2 Å². The lowest BCUT2D eigenvalue weighted by Crippen LogP contribution is -2.29. The Morgan fingerprint density at radius 3 is 2.76 bits per heavy atom. The predicted octanol–water partition coefficient (Wildman–Crippen LogP) is 4.02. The van der Waals surface area contributed by atoms with Gasteiger partial charge in [0, 0.05) is 31.7 Å². The van der Waals surface area contributed by atoms with Crippen LogP contribution in [0.2, 0.25) is 5.02 Å². The molecule has 0 radical (unpaired) electrons. The summed E-state index contributed by atoms with van der Waals surface area (Å²) in [7, 11) is 0. The molecule has 1 N–H and O–H groups in total. The summed E-state index contributed by atoms with van der Waals surface area (Å²) in [6.07, 6.45) is 8.29. The van der Waals surface area contributed by atoms with Crippen LogP contribution in [0.5, 0.6) is 11.6 Å². The number of Topliss-reactive ketones (excluding diaryl/α,β-unsaturated/α-hetero) is 1. The van der Waals surface area contributed by atoms with E-state index < -0.39 is 5.60 Å². The van der Waals surface area contributed by atoms with E-state index in [0.717, 1.165) is 24.3 Å². The summed E-state index contributed by atoms with van der Waals surface area (Å²) in [6, 6.07) is 7.63. The molecule has 0 spiro atoms. The fourth-order valence-electron chi connectivity index (χ4n) is 3.55. The van der Waals surface area contributed by atoms with Crippen molar-refractivity contribution < 1.29 is 19.4 Å². The van der Waals surface area contributed by atoms with E-state index in [4.69, 9.17) is 27.5 Å². The van der Waals surface area contributed by atoms with Gasteiger partial charge in [-0.15, -0.1) is 12.3 Å². The summed E-state index contributed by atoms with van der Waals surface area (Å²) in [6.45, 7) is 6.61. The summed E-state index contributed by atoms with van der Waals surface area (Å²) in [5.41, 5.74) is -0.0488. The second kappa shape index (κ2) is 10.9. The summed E-state index contributed by atoms with van der Waals surface area (Å²) in [5.74, 6) is 4.03. The Balaban J connectivity index is 1.59. The summed E-state index contributed by atoms with van der Waals surface area (Å²) >= 11 is 6.48. The Morgan fingerprint density at radius 1 is 1.36 bits per heavy atom. The first-order chi connectivity index (χ1) is 15.7. The Bertz CT molecular complexity index is 998. The Morgan fingerprint density at radius 2 is 2.09 bits per heavy atom. The SMILES string of the molecule is C#CCCC(=O)C(C)c1ccc(OC2CCN(c3ncnc(OCC(C)(C)O)c3Cl)C2)cc1. The molecule has 7 nitrogen and oxygen atoms in total. The molecule has 1 saturated heterocycles. The number of halogens is 1. The van der Waals surface area contributed by atoms with Crippen LogP contribution >= 0.6 is 11.6 Å². The Labute approximate surface area is 200 Å². The van der Waals surface area contributed by atoms with E-state index in [1.54, 1.807) is 13.8 Å². The van der Waals surface area contributed by atoms with Gasteiger partial charge in [0.05, 0.1) is 12.1 Å². The third kappa shape index (κ3) is 6.83. The molecule has 0 saturated carbocycles. The molecular formula is C25H30ClN3O4. The fourth-order valence-corrected chi connectivity index (χ4v) is 3.82. The standard InChI is InChI=1S/C25H30ClN3O4/c1-5-6-7-21(30)17(2)18-8-10-19(11-9-18)33-20-12-13-29(14-20)23-22(26)24(28-16-27-23)32-15-25(3,4)31/h1,8-11,16-17,20,31H,6-7,12-15H2,2-4H3. The van der Waals surface area contributed by atoms with Gasteiger partial charge in [0.15, 0.2) is 5.82 Å². The molecule has 1 aromatic heterocycles. The maximum atomic E-state index is 12.2. The van der Waals surface area contributed by atoms with Gasteiger partial charge in [0.25, 0.3) is 0 Å². The maximum absolute atomic E-state index is 12.2. The van der Waals surface area contributed by atoms with E-state index in [2.05, 4.69) is 15.9 Å². The highest BCUT2D eigenvalue weighted by molar-refractivity contribution is 6.34.